The SMILES string of the molecule is CCC=CCCOc1c(OCC=C(C)CCC=C(C)C)c(=O)oc2c(OC(C)=O)cccc12. The number of rotatable bonds is 12. The summed E-state index contributed by atoms with van der Waals surface area (Å²) in [5.41, 5.74) is 1.92. The zero-order chi connectivity index (χ0) is 24.2. The van der Waals surface area contributed by atoms with Crippen LogP contribution in [0.1, 0.15) is 60.3 Å². The van der Waals surface area contributed by atoms with Crippen molar-refractivity contribution in [3.05, 3.63) is 64.1 Å². The fraction of sp³-hybridized carbons (Fsp3) is 0.407. The molecule has 1 aromatic carbocycles. The van der Waals surface area contributed by atoms with Gasteiger partial charge < -0.3 is 18.6 Å². The maximum absolute atomic E-state index is 12.8. The fourth-order valence-electron chi connectivity index (χ4n) is 3.13. The van der Waals surface area contributed by atoms with E-state index in [-0.39, 0.29) is 29.4 Å². The van der Waals surface area contributed by atoms with Crippen LogP contribution in [0, 0.1) is 0 Å². The van der Waals surface area contributed by atoms with Crippen molar-refractivity contribution < 1.29 is 23.4 Å². The largest absolute Gasteiger partial charge is 0.488 e. The Morgan fingerprint density at radius 1 is 1.00 bits per heavy atom. The molecule has 1 heterocycles. The van der Waals surface area contributed by atoms with Crippen LogP contribution in [0.5, 0.6) is 17.2 Å². The molecule has 1 aromatic heterocycles. The van der Waals surface area contributed by atoms with Crippen molar-refractivity contribution in [2.24, 2.45) is 0 Å². The average molecular weight is 455 g/mol. The third-order valence-electron chi connectivity index (χ3n) is 4.75. The topological polar surface area (TPSA) is 75.0 Å². The number of hydrogen-bond donors (Lipinski definition) is 0. The van der Waals surface area contributed by atoms with Gasteiger partial charge in [0.05, 0.1) is 12.0 Å². The van der Waals surface area contributed by atoms with E-state index in [9.17, 15) is 9.59 Å². The van der Waals surface area contributed by atoms with Crippen LogP contribution in [0.25, 0.3) is 11.0 Å². The minimum Gasteiger partial charge on any atom is -0.488 e. The van der Waals surface area contributed by atoms with E-state index in [4.69, 9.17) is 18.6 Å². The monoisotopic (exact) mass is 454 g/mol. The minimum absolute atomic E-state index is 0.00953. The predicted octanol–water partition coefficient (Wildman–Crippen LogP) is 6.52. The molecule has 6 nitrogen and oxygen atoms in total. The second-order valence-electron chi connectivity index (χ2n) is 7.97. The molecule has 0 saturated heterocycles. The molecule has 0 fully saturated rings. The van der Waals surface area contributed by atoms with E-state index in [2.05, 4.69) is 32.9 Å². The molecule has 178 valence electrons. The Labute approximate surface area is 195 Å². The molecule has 0 amide bonds. The summed E-state index contributed by atoms with van der Waals surface area (Å²) in [5, 5.41) is 0.507. The first kappa shape index (κ1) is 26.0. The molecule has 2 rings (SSSR count). The summed E-state index contributed by atoms with van der Waals surface area (Å²) < 4.78 is 22.5. The lowest BCUT2D eigenvalue weighted by Gasteiger charge is -2.14. The van der Waals surface area contributed by atoms with Gasteiger partial charge in [0, 0.05) is 6.92 Å². The van der Waals surface area contributed by atoms with Gasteiger partial charge >= 0.3 is 11.6 Å². The zero-order valence-electron chi connectivity index (χ0n) is 20.2. The third-order valence-corrected chi connectivity index (χ3v) is 4.75. The molecular formula is C27H34O6. The number of fused-ring (bicyclic) bond motifs is 1. The first-order valence-electron chi connectivity index (χ1n) is 11.3. The number of carbonyl (C=O) groups excluding carboxylic acids is 1. The molecule has 33 heavy (non-hydrogen) atoms. The third kappa shape index (κ3) is 8.29. The maximum Gasteiger partial charge on any atom is 0.383 e. The second-order valence-corrected chi connectivity index (χ2v) is 7.97. The molecule has 0 aliphatic carbocycles. The number of carbonyl (C=O) groups is 1. The van der Waals surface area contributed by atoms with Crippen molar-refractivity contribution in [2.45, 2.75) is 60.3 Å². The first-order valence-corrected chi connectivity index (χ1v) is 11.3. The molecule has 6 heteroatoms. The summed E-state index contributed by atoms with van der Waals surface area (Å²) in [6, 6.07) is 5.02. The highest BCUT2D eigenvalue weighted by atomic mass is 16.5. The molecule has 0 unspecified atom stereocenters. The lowest BCUT2D eigenvalue weighted by atomic mass is 10.1. The van der Waals surface area contributed by atoms with Crippen LogP contribution in [0.4, 0.5) is 0 Å². The van der Waals surface area contributed by atoms with Gasteiger partial charge in [0.25, 0.3) is 0 Å². The van der Waals surface area contributed by atoms with Crippen molar-refractivity contribution in [3.63, 3.8) is 0 Å². The lowest BCUT2D eigenvalue weighted by molar-refractivity contribution is -0.131. The molecule has 2 aromatic rings. The summed E-state index contributed by atoms with van der Waals surface area (Å²) in [6.07, 6.45) is 11.7. The summed E-state index contributed by atoms with van der Waals surface area (Å²) in [7, 11) is 0. The Bertz CT molecular complexity index is 1080. The van der Waals surface area contributed by atoms with E-state index in [0.717, 1.165) is 19.3 Å². The van der Waals surface area contributed by atoms with E-state index in [1.54, 1.807) is 18.2 Å². The maximum atomic E-state index is 12.8. The summed E-state index contributed by atoms with van der Waals surface area (Å²) in [4.78, 5) is 24.3. The average Bonchev–Trinajstić information content (AvgIpc) is 2.75. The standard InChI is InChI=1S/C27H34O6/c1-6-7-8-9-17-30-25-22-14-11-15-23(32-21(5)28)24(22)33-27(29)26(25)31-18-16-20(4)13-10-12-19(2)3/h7-8,11-12,14-16H,6,9-10,13,17-18H2,1-5H3. The van der Waals surface area contributed by atoms with Crippen LogP contribution >= 0.6 is 0 Å². The van der Waals surface area contributed by atoms with E-state index >= 15 is 0 Å². The van der Waals surface area contributed by atoms with E-state index in [0.29, 0.717) is 18.4 Å². The number of ether oxygens (including phenoxy) is 3. The van der Waals surface area contributed by atoms with Gasteiger partial charge in [-0.3, -0.25) is 4.79 Å². The van der Waals surface area contributed by atoms with Crippen molar-refractivity contribution in [1.82, 2.24) is 0 Å². The van der Waals surface area contributed by atoms with Gasteiger partial charge in [-0.25, -0.2) is 4.79 Å². The summed E-state index contributed by atoms with van der Waals surface area (Å²) >= 11 is 0. The van der Waals surface area contributed by atoms with Gasteiger partial charge in [-0.1, -0.05) is 42.4 Å². The normalized spacial score (nSPS) is 11.6. The van der Waals surface area contributed by atoms with Crippen molar-refractivity contribution in [2.75, 3.05) is 13.2 Å². The molecule has 0 N–H and O–H groups in total. The van der Waals surface area contributed by atoms with Crippen LogP contribution in [0.15, 0.2) is 62.9 Å². The number of benzene rings is 1. The Morgan fingerprint density at radius 2 is 1.79 bits per heavy atom. The molecular weight excluding hydrogens is 420 g/mol. The molecule has 0 aliphatic heterocycles. The van der Waals surface area contributed by atoms with Gasteiger partial charge in [-0.2, -0.15) is 0 Å². The van der Waals surface area contributed by atoms with Gasteiger partial charge in [0.1, 0.15) is 6.61 Å². The fourth-order valence-corrected chi connectivity index (χ4v) is 3.13. The Morgan fingerprint density at radius 3 is 2.48 bits per heavy atom. The zero-order valence-corrected chi connectivity index (χ0v) is 20.2. The summed E-state index contributed by atoms with van der Waals surface area (Å²) in [6.45, 7) is 10.1. The van der Waals surface area contributed by atoms with Gasteiger partial charge in [-0.05, 0) is 64.7 Å². The van der Waals surface area contributed by atoms with Gasteiger partial charge in [-0.15, -0.1) is 0 Å². The van der Waals surface area contributed by atoms with Gasteiger partial charge in [0.15, 0.2) is 17.1 Å². The molecule has 0 saturated carbocycles. The molecule has 0 aliphatic rings. The summed E-state index contributed by atoms with van der Waals surface area (Å²) in [5.74, 6) is -0.0493. The highest BCUT2D eigenvalue weighted by molar-refractivity contribution is 5.91. The second kappa shape index (κ2) is 13.3. The van der Waals surface area contributed by atoms with Crippen LogP contribution in [0.3, 0.4) is 0 Å². The number of esters is 1. The number of para-hydroxylation sites is 1. The highest BCUT2D eigenvalue weighted by Gasteiger charge is 2.20. The minimum atomic E-state index is -0.684. The quantitative estimate of drug-likeness (QED) is 0.119. The number of allylic oxidation sites excluding steroid dienone is 4. The van der Waals surface area contributed by atoms with Crippen LogP contribution in [-0.2, 0) is 4.79 Å². The molecule has 0 spiro atoms. The van der Waals surface area contributed by atoms with E-state index < -0.39 is 11.6 Å². The highest BCUT2D eigenvalue weighted by Crippen LogP contribution is 2.37. The smallest absolute Gasteiger partial charge is 0.383 e. The Kier molecular flexibility index (Phi) is 10.5. The van der Waals surface area contributed by atoms with Crippen LogP contribution < -0.4 is 19.8 Å². The molecule has 0 atom stereocenters. The van der Waals surface area contributed by atoms with Crippen molar-refractivity contribution >= 4 is 16.9 Å². The molecule has 0 radical (unpaired) electrons. The Hall–Kier alpha value is -3.28. The Balaban J connectivity index is 2.34. The number of hydrogen-bond acceptors (Lipinski definition) is 6. The van der Waals surface area contributed by atoms with E-state index in [1.807, 2.05) is 19.1 Å². The first-order chi connectivity index (χ1) is 15.8. The van der Waals surface area contributed by atoms with Gasteiger partial charge in [0.2, 0.25) is 5.75 Å². The molecule has 0 bridgehead atoms. The predicted molar refractivity (Wildman–Crippen MR) is 131 cm³/mol. The van der Waals surface area contributed by atoms with E-state index in [1.165, 1.54) is 18.1 Å². The van der Waals surface area contributed by atoms with Crippen LogP contribution in [-0.4, -0.2) is 19.2 Å². The van der Waals surface area contributed by atoms with Crippen molar-refractivity contribution in [1.29, 1.82) is 0 Å². The lowest BCUT2D eigenvalue weighted by Crippen LogP contribution is -2.12. The van der Waals surface area contributed by atoms with Crippen molar-refractivity contribution in [3.8, 4) is 17.2 Å². The van der Waals surface area contributed by atoms with Crippen LogP contribution in [0.2, 0.25) is 0 Å².